The molecule has 1 saturated heterocycles. The quantitative estimate of drug-likeness (QED) is 0.925. The van der Waals surface area contributed by atoms with Crippen molar-refractivity contribution in [2.24, 2.45) is 5.92 Å². The summed E-state index contributed by atoms with van der Waals surface area (Å²) in [7, 11) is 0. The van der Waals surface area contributed by atoms with E-state index < -0.39 is 0 Å². The van der Waals surface area contributed by atoms with Crippen LogP contribution in [0.1, 0.15) is 31.2 Å². The SMILES string of the molecule is O=C(NC1CC1)C1CCCN(Cc2ccc(Cl)cc2)C1. The molecule has 3 nitrogen and oxygen atoms in total. The van der Waals surface area contributed by atoms with E-state index >= 15 is 0 Å². The zero-order valence-electron chi connectivity index (χ0n) is 11.6. The van der Waals surface area contributed by atoms with Gasteiger partial charge in [-0.3, -0.25) is 9.69 Å². The highest BCUT2D eigenvalue weighted by Crippen LogP contribution is 2.23. The van der Waals surface area contributed by atoms with Gasteiger partial charge in [0.15, 0.2) is 0 Å². The Morgan fingerprint density at radius 3 is 2.70 bits per heavy atom. The first-order chi connectivity index (χ1) is 9.70. The second kappa shape index (κ2) is 6.15. The molecule has 1 atom stereocenters. The highest BCUT2D eigenvalue weighted by molar-refractivity contribution is 6.30. The molecule has 1 heterocycles. The molecule has 1 aliphatic heterocycles. The van der Waals surface area contributed by atoms with E-state index in [4.69, 9.17) is 11.6 Å². The first-order valence-corrected chi connectivity index (χ1v) is 7.86. The lowest BCUT2D eigenvalue weighted by atomic mass is 9.96. The Bertz CT molecular complexity index is 470. The van der Waals surface area contributed by atoms with E-state index in [0.717, 1.165) is 50.3 Å². The predicted molar refractivity (Wildman–Crippen MR) is 80.6 cm³/mol. The number of nitrogens with zero attached hydrogens (tertiary/aromatic N) is 1. The van der Waals surface area contributed by atoms with Crippen LogP contribution >= 0.6 is 11.6 Å². The molecular weight excluding hydrogens is 272 g/mol. The van der Waals surface area contributed by atoms with Crippen LogP contribution < -0.4 is 5.32 Å². The summed E-state index contributed by atoms with van der Waals surface area (Å²) in [6.45, 7) is 2.86. The second-order valence-electron chi connectivity index (χ2n) is 5.98. The summed E-state index contributed by atoms with van der Waals surface area (Å²) >= 11 is 5.91. The summed E-state index contributed by atoms with van der Waals surface area (Å²) in [5, 5.41) is 3.90. The lowest BCUT2D eigenvalue weighted by Gasteiger charge is -2.32. The average molecular weight is 293 g/mol. The molecule has 2 aliphatic rings. The highest BCUT2D eigenvalue weighted by atomic mass is 35.5. The number of benzene rings is 1. The van der Waals surface area contributed by atoms with Crippen LogP contribution in [0.5, 0.6) is 0 Å². The van der Waals surface area contributed by atoms with E-state index in [2.05, 4.69) is 22.3 Å². The first-order valence-electron chi connectivity index (χ1n) is 7.48. The molecule has 0 bridgehead atoms. The van der Waals surface area contributed by atoms with Gasteiger partial charge >= 0.3 is 0 Å². The number of halogens is 1. The van der Waals surface area contributed by atoms with Crippen LogP contribution in [-0.2, 0) is 11.3 Å². The highest BCUT2D eigenvalue weighted by Gasteiger charge is 2.30. The molecule has 108 valence electrons. The lowest BCUT2D eigenvalue weighted by Crippen LogP contribution is -2.43. The molecule has 0 aromatic heterocycles. The molecule has 2 fully saturated rings. The van der Waals surface area contributed by atoms with Crippen molar-refractivity contribution in [2.75, 3.05) is 13.1 Å². The van der Waals surface area contributed by atoms with Crippen LogP contribution in [0, 0.1) is 5.92 Å². The van der Waals surface area contributed by atoms with Gasteiger partial charge in [-0.2, -0.15) is 0 Å². The van der Waals surface area contributed by atoms with Gasteiger partial charge in [0.25, 0.3) is 0 Å². The standard InChI is InChI=1S/C16H21ClN2O/c17-14-5-3-12(4-6-14)10-19-9-1-2-13(11-19)16(20)18-15-7-8-15/h3-6,13,15H,1-2,7-11H2,(H,18,20). The summed E-state index contributed by atoms with van der Waals surface area (Å²) in [5.41, 5.74) is 1.26. The number of hydrogen-bond donors (Lipinski definition) is 1. The second-order valence-corrected chi connectivity index (χ2v) is 6.42. The molecule has 1 amide bonds. The van der Waals surface area contributed by atoms with Crippen molar-refractivity contribution in [1.82, 2.24) is 10.2 Å². The van der Waals surface area contributed by atoms with Crippen LogP contribution in [-0.4, -0.2) is 29.9 Å². The van der Waals surface area contributed by atoms with Crippen molar-refractivity contribution in [3.63, 3.8) is 0 Å². The van der Waals surface area contributed by atoms with Crippen molar-refractivity contribution in [3.05, 3.63) is 34.9 Å². The molecule has 0 radical (unpaired) electrons. The van der Waals surface area contributed by atoms with Crippen LogP contribution in [0.2, 0.25) is 5.02 Å². The fourth-order valence-corrected chi connectivity index (χ4v) is 2.93. The van der Waals surface area contributed by atoms with Gasteiger partial charge in [0, 0.05) is 24.2 Å². The number of carbonyl (C=O) groups excluding carboxylic acids is 1. The van der Waals surface area contributed by atoms with Gasteiger partial charge in [0.1, 0.15) is 0 Å². The molecule has 0 spiro atoms. The normalized spacial score (nSPS) is 23.6. The molecule has 3 rings (SSSR count). The fraction of sp³-hybridized carbons (Fsp3) is 0.562. The number of rotatable bonds is 4. The molecule has 20 heavy (non-hydrogen) atoms. The minimum atomic E-state index is 0.164. The van der Waals surface area contributed by atoms with E-state index in [1.54, 1.807) is 0 Å². The zero-order valence-corrected chi connectivity index (χ0v) is 12.4. The molecule has 1 saturated carbocycles. The Hall–Kier alpha value is -1.06. The van der Waals surface area contributed by atoms with Gasteiger partial charge in [0.05, 0.1) is 5.92 Å². The number of hydrogen-bond acceptors (Lipinski definition) is 2. The van der Waals surface area contributed by atoms with E-state index in [9.17, 15) is 4.79 Å². The largest absolute Gasteiger partial charge is 0.353 e. The molecule has 1 unspecified atom stereocenters. The maximum absolute atomic E-state index is 12.1. The van der Waals surface area contributed by atoms with Gasteiger partial charge < -0.3 is 5.32 Å². The number of nitrogens with one attached hydrogen (secondary N) is 1. The van der Waals surface area contributed by atoms with Gasteiger partial charge in [-0.1, -0.05) is 23.7 Å². The fourth-order valence-electron chi connectivity index (χ4n) is 2.81. The van der Waals surface area contributed by atoms with Crippen LogP contribution in [0.15, 0.2) is 24.3 Å². The van der Waals surface area contributed by atoms with E-state index in [0.29, 0.717) is 6.04 Å². The summed E-state index contributed by atoms with van der Waals surface area (Å²) in [5.74, 6) is 0.421. The third-order valence-corrected chi connectivity index (χ3v) is 4.37. The average Bonchev–Trinajstić information content (AvgIpc) is 3.26. The summed E-state index contributed by atoms with van der Waals surface area (Å²) in [6.07, 6.45) is 4.45. The zero-order chi connectivity index (χ0) is 13.9. The number of likely N-dealkylation sites (tertiary alicyclic amines) is 1. The van der Waals surface area contributed by atoms with E-state index in [-0.39, 0.29) is 11.8 Å². The van der Waals surface area contributed by atoms with Gasteiger partial charge in [-0.05, 0) is 49.9 Å². The topological polar surface area (TPSA) is 32.3 Å². The summed E-state index contributed by atoms with van der Waals surface area (Å²) in [4.78, 5) is 14.5. The van der Waals surface area contributed by atoms with Gasteiger partial charge in [-0.25, -0.2) is 0 Å². The smallest absolute Gasteiger partial charge is 0.224 e. The van der Waals surface area contributed by atoms with Crippen molar-refractivity contribution in [3.8, 4) is 0 Å². The molecule has 1 N–H and O–H groups in total. The van der Waals surface area contributed by atoms with Crippen molar-refractivity contribution >= 4 is 17.5 Å². The van der Waals surface area contributed by atoms with E-state index in [1.165, 1.54) is 5.56 Å². The van der Waals surface area contributed by atoms with Gasteiger partial charge in [0.2, 0.25) is 5.91 Å². The molecular formula is C16H21ClN2O. The van der Waals surface area contributed by atoms with Crippen LogP contribution in [0.4, 0.5) is 0 Å². The maximum Gasteiger partial charge on any atom is 0.224 e. The Morgan fingerprint density at radius 2 is 2.00 bits per heavy atom. The number of amides is 1. The number of carbonyl (C=O) groups is 1. The number of piperidine rings is 1. The Labute approximate surface area is 125 Å². The minimum Gasteiger partial charge on any atom is -0.353 e. The Balaban J connectivity index is 1.54. The van der Waals surface area contributed by atoms with Crippen molar-refractivity contribution < 1.29 is 4.79 Å². The van der Waals surface area contributed by atoms with Crippen LogP contribution in [0.25, 0.3) is 0 Å². The maximum atomic E-state index is 12.1. The monoisotopic (exact) mass is 292 g/mol. The first kappa shape index (κ1) is 13.9. The Morgan fingerprint density at radius 1 is 1.25 bits per heavy atom. The third-order valence-electron chi connectivity index (χ3n) is 4.12. The predicted octanol–water partition coefficient (Wildman–Crippen LogP) is 2.83. The van der Waals surface area contributed by atoms with Crippen molar-refractivity contribution in [1.29, 1.82) is 0 Å². The van der Waals surface area contributed by atoms with Crippen LogP contribution in [0.3, 0.4) is 0 Å². The Kier molecular flexibility index (Phi) is 4.27. The molecule has 1 aromatic carbocycles. The summed E-state index contributed by atoms with van der Waals surface area (Å²) in [6, 6.07) is 8.46. The third kappa shape index (κ3) is 3.74. The van der Waals surface area contributed by atoms with E-state index in [1.807, 2.05) is 12.1 Å². The molecule has 1 aromatic rings. The minimum absolute atomic E-state index is 0.164. The molecule has 1 aliphatic carbocycles. The lowest BCUT2D eigenvalue weighted by molar-refractivity contribution is -0.126. The molecule has 4 heteroatoms. The van der Waals surface area contributed by atoms with Gasteiger partial charge in [-0.15, -0.1) is 0 Å². The summed E-state index contributed by atoms with van der Waals surface area (Å²) < 4.78 is 0. The van der Waals surface area contributed by atoms with Crippen molar-refractivity contribution in [2.45, 2.75) is 38.3 Å².